The van der Waals surface area contributed by atoms with Gasteiger partial charge in [-0.1, -0.05) is 35.0 Å². The lowest BCUT2D eigenvalue weighted by molar-refractivity contribution is 0.206. The van der Waals surface area contributed by atoms with Gasteiger partial charge in [0, 0.05) is 30.1 Å². The molecule has 2 rings (SSSR count). The lowest BCUT2D eigenvalue weighted by Gasteiger charge is -2.32. The van der Waals surface area contributed by atoms with Crippen LogP contribution in [0, 0.1) is 0 Å². The van der Waals surface area contributed by atoms with Crippen LogP contribution in [0.5, 0.6) is 0 Å². The molecule has 1 aliphatic rings. The van der Waals surface area contributed by atoms with Gasteiger partial charge in [0.05, 0.1) is 6.54 Å². The summed E-state index contributed by atoms with van der Waals surface area (Å²) in [5.74, 6) is 0.935. The van der Waals surface area contributed by atoms with E-state index >= 15 is 0 Å². The molecule has 1 saturated heterocycles. The van der Waals surface area contributed by atoms with Gasteiger partial charge in [0.25, 0.3) is 0 Å². The molecule has 1 aromatic rings. The molecule has 0 aliphatic carbocycles. The van der Waals surface area contributed by atoms with Gasteiger partial charge in [-0.05, 0) is 50.4 Å². The Morgan fingerprint density at radius 2 is 1.88 bits per heavy atom. The number of rotatable bonds is 6. The summed E-state index contributed by atoms with van der Waals surface area (Å²) in [4.78, 5) is 7.29. The van der Waals surface area contributed by atoms with E-state index < -0.39 is 0 Å². The van der Waals surface area contributed by atoms with E-state index in [1.807, 2.05) is 0 Å². The van der Waals surface area contributed by atoms with Crippen molar-refractivity contribution < 1.29 is 0 Å². The smallest absolute Gasteiger partial charge is 0.191 e. The zero-order valence-electron chi connectivity index (χ0n) is 14.7. The maximum Gasteiger partial charge on any atom is 0.191 e. The van der Waals surface area contributed by atoms with Crippen molar-refractivity contribution >= 4 is 45.9 Å². The van der Waals surface area contributed by atoms with Crippen LogP contribution in [0.2, 0.25) is 0 Å². The predicted octanol–water partition coefficient (Wildman–Crippen LogP) is 4.00. The minimum atomic E-state index is 0. The van der Waals surface area contributed by atoms with Gasteiger partial charge in [-0.2, -0.15) is 0 Å². The molecular formula is C18H30BrIN4. The van der Waals surface area contributed by atoms with Crippen LogP contribution in [0.4, 0.5) is 0 Å². The molecule has 136 valence electrons. The number of nitrogens with one attached hydrogen (secondary N) is 2. The second kappa shape index (κ2) is 12.1. The van der Waals surface area contributed by atoms with Crippen LogP contribution in [0.1, 0.15) is 38.7 Å². The van der Waals surface area contributed by atoms with Crippen LogP contribution < -0.4 is 10.6 Å². The van der Waals surface area contributed by atoms with Crippen LogP contribution in [-0.4, -0.2) is 43.1 Å². The first kappa shape index (κ1) is 21.7. The molecule has 1 heterocycles. The van der Waals surface area contributed by atoms with Gasteiger partial charge in [-0.15, -0.1) is 24.0 Å². The van der Waals surface area contributed by atoms with E-state index in [0.29, 0.717) is 12.6 Å². The number of piperidine rings is 1. The standard InChI is InChI=1S/C18H29BrN4.HI/c1-3-11-23-12-9-17(10-13-23)22-18(20-4-2)21-14-15-5-7-16(19)8-6-15;/h5-8,17H,3-4,9-14H2,1-2H3,(H2,20,21,22);1H. The first-order valence-corrected chi connectivity index (χ1v) is 9.52. The summed E-state index contributed by atoms with van der Waals surface area (Å²) in [6.45, 7) is 9.57. The molecule has 1 aromatic carbocycles. The number of hydrogen-bond donors (Lipinski definition) is 2. The Labute approximate surface area is 172 Å². The number of guanidine groups is 1. The van der Waals surface area contributed by atoms with E-state index in [2.05, 4.69) is 69.6 Å². The van der Waals surface area contributed by atoms with Crippen molar-refractivity contribution in [2.45, 2.75) is 45.7 Å². The Kier molecular flexibility index (Phi) is 10.9. The Morgan fingerprint density at radius 3 is 2.46 bits per heavy atom. The van der Waals surface area contributed by atoms with E-state index in [0.717, 1.165) is 17.0 Å². The van der Waals surface area contributed by atoms with Crippen molar-refractivity contribution in [2.24, 2.45) is 4.99 Å². The van der Waals surface area contributed by atoms with E-state index in [9.17, 15) is 0 Å². The normalized spacial score (nSPS) is 16.5. The van der Waals surface area contributed by atoms with Gasteiger partial charge < -0.3 is 15.5 Å². The summed E-state index contributed by atoms with van der Waals surface area (Å²) in [5, 5.41) is 6.97. The summed E-state index contributed by atoms with van der Waals surface area (Å²) < 4.78 is 1.11. The topological polar surface area (TPSA) is 39.7 Å². The number of benzene rings is 1. The molecule has 1 fully saturated rings. The fourth-order valence-corrected chi connectivity index (χ4v) is 3.15. The molecule has 0 radical (unpaired) electrons. The van der Waals surface area contributed by atoms with Gasteiger partial charge in [0.1, 0.15) is 0 Å². The molecule has 1 aliphatic heterocycles. The molecule has 4 nitrogen and oxygen atoms in total. The summed E-state index contributed by atoms with van der Waals surface area (Å²) in [6.07, 6.45) is 3.64. The molecule has 6 heteroatoms. The van der Waals surface area contributed by atoms with Crippen molar-refractivity contribution in [3.63, 3.8) is 0 Å². The third kappa shape index (κ3) is 7.70. The van der Waals surface area contributed by atoms with Crippen LogP contribution in [0.25, 0.3) is 0 Å². The predicted molar refractivity (Wildman–Crippen MR) is 117 cm³/mol. The average Bonchev–Trinajstić information content (AvgIpc) is 2.56. The van der Waals surface area contributed by atoms with Crippen molar-refractivity contribution in [3.8, 4) is 0 Å². The van der Waals surface area contributed by atoms with Crippen molar-refractivity contribution in [2.75, 3.05) is 26.2 Å². The molecule has 24 heavy (non-hydrogen) atoms. The Balaban J connectivity index is 0.00000288. The third-order valence-corrected chi connectivity index (χ3v) is 4.67. The van der Waals surface area contributed by atoms with Crippen LogP contribution in [0.3, 0.4) is 0 Å². The number of nitrogens with zero attached hydrogens (tertiary/aromatic N) is 2. The number of aliphatic imine (C=N–C) groups is 1. The first-order chi connectivity index (χ1) is 11.2. The molecule has 0 unspecified atom stereocenters. The Hall–Kier alpha value is -0.340. The average molecular weight is 509 g/mol. The highest BCUT2D eigenvalue weighted by Crippen LogP contribution is 2.12. The zero-order valence-corrected chi connectivity index (χ0v) is 18.6. The number of likely N-dealkylation sites (tertiary alicyclic amines) is 1. The maximum atomic E-state index is 4.73. The van der Waals surface area contributed by atoms with Crippen LogP contribution in [0.15, 0.2) is 33.7 Å². The van der Waals surface area contributed by atoms with E-state index in [-0.39, 0.29) is 24.0 Å². The number of halogens is 2. The molecule has 0 spiro atoms. The molecule has 0 bridgehead atoms. The molecule has 2 N–H and O–H groups in total. The van der Waals surface area contributed by atoms with Crippen molar-refractivity contribution in [1.82, 2.24) is 15.5 Å². The first-order valence-electron chi connectivity index (χ1n) is 8.73. The van der Waals surface area contributed by atoms with Gasteiger partial charge in [-0.25, -0.2) is 4.99 Å². The minimum absolute atomic E-state index is 0. The zero-order chi connectivity index (χ0) is 16.5. The molecule has 0 aromatic heterocycles. The SMILES string of the molecule is CCCN1CCC(NC(=NCc2ccc(Br)cc2)NCC)CC1.I. The fraction of sp³-hybridized carbons (Fsp3) is 0.611. The molecule has 0 saturated carbocycles. The largest absolute Gasteiger partial charge is 0.357 e. The van der Waals surface area contributed by atoms with Crippen LogP contribution in [-0.2, 0) is 6.54 Å². The lowest BCUT2D eigenvalue weighted by Crippen LogP contribution is -2.48. The third-order valence-electron chi connectivity index (χ3n) is 4.15. The summed E-state index contributed by atoms with van der Waals surface area (Å²) in [5.41, 5.74) is 1.23. The highest BCUT2D eigenvalue weighted by Gasteiger charge is 2.19. The Bertz CT molecular complexity index is 484. The van der Waals surface area contributed by atoms with Gasteiger partial charge in [0.15, 0.2) is 5.96 Å². The lowest BCUT2D eigenvalue weighted by atomic mass is 10.1. The number of hydrogen-bond acceptors (Lipinski definition) is 2. The quantitative estimate of drug-likeness (QED) is 0.346. The van der Waals surface area contributed by atoms with E-state index in [1.165, 1.54) is 44.5 Å². The molecular weight excluding hydrogens is 479 g/mol. The summed E-state index contributed by atoms with van der Waals surface area (Å²) in [7, 11) is 0. The van der Waals surface area contributed by atoms with Gasteiger partial charge in [-0.3, -0.25) is 0 Å². The second-order valence-corrected chi connectivity index (χ2v) is 7.00. The van der Waals surface area contributed by atoms with Gasteiger partial charge >= 0.3 is 0 Å². The fourth-order valence-electron chi connectivity index (χ4n) is 2.89. The van der Waals surface area contributed by atoms with Crippen molar-refractivity contribution in [3.05, 3.63) is 34.3 Å². The maximum absolute atomic E-state index is 4.73. The molecule has 0 atom stereocenters. The summed E-state index contributed by atoms with van der Waals surface area (Å²) >= 11 is 3.47. The highest BCUT2D eigenvalue weighted by atomic mass is 127. The highest BCUT2D eigenvalue weighted by molar-refractivity contribution is 14.0. The molecule has 0 amide bonds. The minimum Gasteiger partial charge on any atom is -0.357 e. The van der Waals surface area contributed by atoms with Gasteiger partial charge in [0.2, 0.25) is 0 Å². The monoisotopic (exact) mass is 508 g/mol. The Morgan fingerprint density at radius 1 is 1.21 bits per heavy atom. The van der Waals surface area contributed by atoms with E-state index in [4.69, 9.17) is 4.99 Å². The van der Waals surface area contributed by atoms with E-state index in [1.54, 1.807) is 0 Å². The summed E-state index contributed by atoms with van der Waals surface area (Å²) in [6, 6.07) is 8.88. The second-order valence-electron chi connectivity index (χ2n) is 6.08. The van der Waals surface area contributed by atoms with Crippen molar-refractivity contribution in [1.29, 1.82) is 0 Å². The van der Waals surface area contributed by atoms with Crippen LogP contribution >= 0.6 is 39.9 Å².